The number of hydrogen-bond acceptors (Lipinski definition) is 3. The van der Waals surface area contributed by atoms with Crippen molar-refractivity contribution in [1.29, 1.82) is 0 Å². The Balaban J connectivity index is 1.84. The normalized spacial score (nSPS) is 10.3. The Bertz CT molecular complexity index is 599. The van der Waals surface area contributed by atoms with Crippen LogP contribution in [-0.4, -0.2) is 13.2 Å². The molecule has 0 saturated carbocycles. The lowest BCUT2D eigenvalue weighted by Crippen LogP contribution is -2.10. The quantitative estimate of drug-likeness (QED) is 0.669. The van der Waals surface area contributed by atoms with E-state index in [4.69, 9.17) is 26.8 Å². The molecule has 0 unspecified atom stereocenters. The molecule has 0 radical (unpaired) electrons. The molecule has 20 heavy (non-hydrogen) atoms. The van der Waals surface area contributed by atoms with Gasteiger partial charge in [0, 0.05) is 5.02 Å². The molecule has 0 aliphatic heterocycles. The molecule has 0 saturated heterocycles. The Labute approximate surface area is 124 Å². The van der Waals surface area contributed by atoms with Gasteiger partial charge in [-0.2, -0.15) is 0 Å². The predicted octanol–water partition coefficient (Wildman–Crippen LogP) is 4.00. The molecule has 2 aromatic rings. The van der Waals surface area contributed by atoms with E-state index < -0.39 is 0 Å². The van der Waals surface area contributed by atoms with E-state index in [0.29, 0.717) is 24.7 Å². The van der Waals surface area contributed by atoms with Crippen molar-refractivity contribution in [3.8, 4) is 11.5 Å². The Morgan fingerprint density at radius 3 is 2.50 bits per heavy atom. The summed E-state index contributed by atoms with van der Waals surface area (Å²) in [6.45, 7) is 4.84. The predicted molar refractivity (Wildman–Crippen MR) is 82.8 cm³/mol. The van der Waals surface area contributed by atoms with Gasteiger partial charge in [-0.25, -0.2) is 0 Å². The van der Waals surface area contributed by atoms with Gasteiger partial charge in [0.25, 0.3) is 0 Å². The maximum Gasteiger partial charge on any atom is 0.142 e. The third-order valence-electron chi connectivity index (χ3n) is 2.91. The van der Waals surface area contributed by atoms with Gasteiger partial charge in [-0.15, -0.1) is 0 Å². The highest BCUT2D eigenvalue weighted by Gasteiger charge is 2.02. The number of hydrogen-bond donors (Lipinski definition) is 1. The van der Waals surface area contributed by atoms with Crippen LogP contribution in [0.4, 0.5) is 5.69 Å². The Morgan fingerprint density at radius 2 is 1.75 bits per heavy atom. The minimum absolute atomic E-state index is 0.440. The van der Waals surface area contributed by atoms with Crippen LogP contribution in [0.25, 0.3) is 0 Å². The molecule has 0 heterocycles. The second kappa shape index (κ2) is 6.53. The van der Waals surface area contributed by atoms with Crippen LogP contribution < -0.4 is 15.2 Å². The van der Waals surface area contributed by atoms with Crippen molar-refractivity contribution in [1.82, 2.24) is 0 Å². The van der Waals surface area contributed by atoms with Gasteiger partial charge in [0.2, 0.25) is 0 Å². The lowest BCUT2D eigenvalue weighted by molar-refractivity contribution is 0.218. The lowest BCUT2D eigenvalue weighted by atomic mass is 10.2. The molecule has 0 amide bonds. The van der Waals surface area contributed by atoms with Crippen LogP contribution in [0, 0.1) is 13.8 Å². The van der Waals surface area contributed by atoms with E-state index in [1.165, 1.54) is 0 Å². The third kappa shape index (κ3) is 3.81. The van der Waals surface area contributed by atoms with Crippen LogP contribution in [0.15, 0.2) is 36.4 Å². The first-order valence-electron chi connectivity index (χ1n) is 6.44. The molecule has 106 valence electrons. The van der Waals surface area contributed by atoms with Crippen LogP contribution in [0.1, 0.15) is 11.1 Å². The van der Waals surface area contributed by atoms with Crippen molar-refractivity contribution in [2.75, 3.05) is 18.9 Å². The van der Waals surface area contributed by atoms with Crippen molar-refractivity contribution in [3.63, 3.8) is 0 Å². The molecule has 2 N–H and O–H groups in total. The van der Waals surface area contributed by atoms with Crippen LogP contribution in [0.2, 0.25) is 5.02 Å². The second-order valence-electron chi connectivity index (χ2n) is 4.65. The zero-order chi connectivity index (χ0) is 14.5. The molecule has 0 aliphatic carbocycles. The summed E-state index contributed by atoms with van der Waals surface area (Å²) >= 11 is 5.96. The minimum atomic E-state index is 0.440. The molecule has 0 bridgehead atoms. The average Bonchev–Trinajstić information content (AvgIpc) is 2.42. The molecule has 0 aromatic heterocycles. The first-order chi connectivity index (χ1) is 9.56. The smallest absolute Gasteiger partial charge is 0.142 e. The van der Waals surface area contributed by atoms with Crippen molar-refractivity contribution >= 4 is 17.3 Å². The van der Waals surface area contributed by atoms with Crippen LogP contribution in [0.5, 0.6) is 11.5 Å². The fourth-order valence-electron chi connectivity index (χ4n) is 1.78. The molecule has 0 atom stereocenters. The van der Waals surface area contributed by atoms with Gasteiger partial charge in [-0.05, 0) is 55.3 Å². The molecular formula is C16H18ClNO2. The molecule has 2 rings (SSSR count). The van der Waals surface area contributed by atoms with E-state index in [-0.39, 0.29) is 0 Å². The molecule has 0 fully saturated rings. The van der Waals surface area contributed by atoms with E-state index >= 15 is 0 Å². The monoisotopic (exact) mass is 291 g/mol. The van der Waals surface area contributed by atoms with Gasteiger partial charge in [0.05, 0.1) is 5.69 Å². The van der Waals surface area contributed by atoms with Crippen LogP contribution >= 0.6 is 11.6 Å². The number of nitrogens with two attached hydrogens (primary N) is 1. The molecule has 2 aromatic carbocycles. The summed E-state index contributed by atoms with van der Waals surface area (Å²) in [5, 5.41) is 0.737. The van der Waals surface area contributed by atoms with E-state index in [1.807, 2.05) is 50.2 Å². The van der Waals surface area contributed by atoms with Crippen LogP contribution in [0.3, 0.4) is 0 Å². The molecule has 3 nitrogen and oxygen atoms in total. The Hall–Kier alpha value is -1.87. The molecular weight excluding hydrogens is 274 g/mol. The van der Waals surface area contributed by atoms with Gasteiger partial charge in [0.1, 0.15) is 24.7 Å². The van der Waals surface area contributed by atoms with Gasteiger partial charge in [-0.1, -0.05) is 17.7 Å². The minimum Gasteiger partial charge on any atom is -0.490 e. The molecule has 0 aliphatic rings. The van der Waals surface area contributed by atoms with E-state index in [9.17, 15) is 0 Å². The Kier molecular flexibility index (Phi) is 4.74. The molecule has 4 heteroatoms. The Morgan fingerprint density at radius 1 is 1.00 bits per heavy atom. The fraction of sp³-hybridized carbons (Fsp3) is 0.250. The zero-order valence-corrected chi connectivity index (χ0v) is 12.4. The summed E-state index contributed by atoms with van der Waals surface area (Å²) in [5.74, 6) is 1.48. The van der Waals surface area contributed by atoms with Crippen LogP contribution in [-0.2, 0) is 0 Å². The van der Waals surface area contributed by atoms with Gasteiger partial charge >= 0.3 is 0 Å². The standard InChI is InChI=1S/C16H18ClNO2/c1-11-3-6-15(18)16(9-11)20-8-7-19-13-4-5-14(17)12(2)10-13/h3-6,9-10H,7-8,18H2,1-2H3. The second-order valence-corrected chi connectivity index (χ2v) is 5.06. The highest BCUT2D eigenvalue weighted by atomic mass is 35.5. The van der Waals surface area contributed by atoms with E-state index in [1.54, 1.807) is 0 Å². The number of nitrogen functional groups attached to an aromatic ring is 1. The van der Waals surface area contributed by atoms with E-state index in [0.717, 1.165) is 21.9 Å². The van der Waals surface area contributed by atoms with Gasteiger partial charge < -0.3 is 15.2 Å². The highest BCUT2D eigenvalue weighted by Crippen LogP contribution is 2.23. The maximum absolute atomic E-state index is 5.96. The van der Waals surface area contributed by atoms with Gasteiger partial charge in [0.15, 0.2) is 0 Å². The fourth-order valence-corrected chi connectivity index (χ4v) is 1.90. The number of ether oxygens (including phenoxy) is 2. The summed E-state index contributed by atoms with van der Waals surface area (Å²) in [4.78, 5) is 0. The first kappa shape index (κ1) is 14.5. The lowest BCUT2D eigenvalue weighted by Gasteiger charge is -2.11. The number of anilines is 1. The third-order valence-corrected chi connectivity index (χ3v) is 3.33. The molecule has 0 spiro atoms. The van der Waals surface area contributed by atoms with Crippen molar-refractivity contribution in [2.24, 2.45) is 0 Å². The van der Waals surface area contributed by atoms with Gasteiger partial charge in [-0.3, -0.25) is 0 Å². The number of halogens is 1. The summed E-state index contributed by atoms with van der Waals surface area (Å²) in [5.41, 5.74) is 8.58. The van der Waals surface area contributed by atoms with Crippen molar-refractivity contribution in [3.05, 3.63) is 52.5 Å². The average molecular weight is 292 g/mol. The summed E-state index contributed by atoms with van der Waals surface area (Å²) in [7, 11) is 0. The maximum atomic E-state index is 5.96. The summed E-state index contributed by atoms with van der Waals surface area (Å²) in [6, 6.07) is 11.3. The number of aryl methyl sites for hydroxylation is 2. The summed E-state index contributed by atoms with van der Waals surface area (Å²) in [6.07, 6.45) is 0. The van der Waals surface area contributed by atoms with Crippen molar-refractivity contribution < 1.29 is 9.47 Å². The topological polar surface area (TPSA) is 44.5 Å². The highest BCUT2D eigenvalue weighted by molar-refractivity contribution is 6.31. The SMILES string of the molecule is Cc1ccc(N)c(OCCOc2ccc(Cl)c(C)c2)c1. The zero-order valence-electron chi connectivity index (χ0n) is 11.7. The van der Waals surface area contributed by atoms with E-state index in [2.05, 4.69) is 0 Å². The summed E-state index contributed by atoms with van der Waals surface area (Å²) < 4.78 is 11.2. The number of benzene rings is 2. The largest absolute Gasteiger partial charge is 0.490 e. The number of rotatable bonds is 5. The van der Waals surface area contributed by atoms with Crippen molar-refractivity contribution in [2.45, 2.75) is 13.8 Å². The first-order valence-corrected chi connectivity index (χ1v) is 6.82.